The molecule has 2 unspecified atom stereocenters. The third-order valence-electron chi connectivity index (χ3n) is 3.37. The molecule has 1 aromatic carbocycles. The van der Waals surface area contributed by atoms with E-state index in [2.05, 4.69) is 5.32 Å². The van der Waals surface area contributed by atoms with Gasteiger partial charge >= 0.3 is 0 Å². The van der Waals surface area contributed by atoms with E-state index in [0.29, 0.717) is 13.0 Å². The van der Waals surface area contributed by atoms with Gasteiger partial charge in [0.1, 0.15) is 5.75 Å². The van der Waals surface area contributed by atoms with Crippen molar-refractivity contribution in [3.05, 3.63) is 30.3 Å². The summed E-state index contributed by atoms with van der Waals surface area (Å²) in [6, 6.07) is 9.65. The molecule has 1 amide bonds. The Morgan fingerprint density at radius 2 is 2.00 bits per heavy atom. The highest BCUT2D eigenvalue weighted by atomic mass is 35.5. The van der Waals surface area contributed by atoms with Gasteiger partial charge in [0.05, 0.1) is 18.4 Å². The Labute approximate surface area is 119 Å². The molecule has 0 spiro atoms. The molecule has 19 heavy (non-hydrogen) atoms. The molecule has 104 valence electrons. The molecule has 1 aliphatic rings. The minimum absolute atomic E-state index is 0.0217. The maximum Gasteiger partial charge on any atom is 0.223 e. The first-order valence-electron chi connectivity index (χ1n) is 6.87. The quantitative estimate of drug-likeness (QED) is 0.842. The molecule has 1 aromatic rings. The molecule has 0 aromatic heterocycles. The molecule has 2 atom stereocenters. The number of amides is 1. The van der Waals surface area contributed by atoms with Crippen molar-refractivity contribution in [2.45, 2.75) is 43.5 Å². The van der Waals surface area contributed by atoms with Gasteiger partial charge in [-0.05, 0) is 25.0 Å². The lowest BCUT2D eigenvalue weighted by Gasteiger charge is -2.27. The molecule has 0 heterocycles. The third kappa shape index (κ3) is 4.75. The van der Waals surface area contributed by atoms with Gasteiger partial charge in [0.2, 0.25) is 5.91 Å². The number of carbonyl (C=O) groups is 1. The van der Waals surface area contributed by atoms with E-state index in [1.165, 1.54) is 0 Å². The van der Waals surface area contributed by atoms with Gasteiger partial charge in [0, 0.05) is 6.04 Å². The number of para-hydroxylation sites is 1. The predicted molar refractivity (Wildman–Crippen MR) is 76.6 cm³/mol. The second-order valence-corrected chi connectivity index (χ2v) is 5.45. The molecule has 0 bridgehead atoms. The second-order valence-electron chi connectivity index (χ2n) is 4.89. The normalized spacial score (nSPS) is 22.8. The fraction of sp³-hybridized carbons (Fsp3) is 0.533. The van der Waals surface area contributed by atoms with Crippen LogP contribution in [-0.2, 0) is 4.79 Å². The van der Waals surface area contributed by atoms with Crippen LogP contribution in [0.5, 0.6) is 5.75 Å². The third-order valence-corrected chi connectivity index (χ3v) is 3.89. The highest BCUT2D eigenvalue weighted by molar-refractivity contribution is 6.21. The summed E-state index contributed by atoms with van der Waals surface area (Å²) in [5.74, 6) is 0.816. The molecule has 2 rings (SSSR count). The van der Waals surface area contributed by atoms with Crippen molar-refractivity contribution in [1.82, 2.24) is 5.32 Å². The zero-order valence-corrected chi connectivity index (χ0v) is 11.7. The molecule has 4 heteroatoms. The first-order valence-corrected chi connectivity index (χ1v) is 7.30. The number of halogens is 1. The minimum atomic E-state index is 0.0217. The Bertz CT molecular complexity index is 396. The van der Waals surface area contributed by atoms with E-state index in [9.17, 15) is 4.79 Å². The Kier molecular flexibility index (Phi) is 5.52. The fourth-order valence-corrected chi connectivity index (χ4v) is 2.65. The van der Waals surface area contributed by atoms with Crippen LogP contribution < -0.4 is 10.1 Å². The summed E-state index contributed by atoms with van der Waals surface area (Å²) in [7, 11) is 0. The number of carbonyl (C=O) groups excluding carboxylic acids is 1. The fourth-order valence-electron chi connectivity index (χ4n) is 2.31. The van der Waals surface area contributed by atoms with Crippen LogP contribution in [0, 0.1) is 0 Å². The van der Waals surface area contributed by atoms with Crippen molar-refractivity contribution in [1.29, 1.82) is 0 Å². The summed E-state index contributed by atoms with van der Waals surface area (Å²) in [5, 5.41) is 3.08. The van der Waals surface area contributed by atoms with Crippen LogP contribution in [0.3, 0.4) is 0 Å². The first kappa shape index (κ1) is 14.2. The van der Waals surface area contributed by atoms with Crippen LogP contribution in [0.25, 0.3) is 0 Å². The molecule has 1 saturated carbocycles. The number of nitrogens with one attached hydrogen (secondary N) is 1. The predicted octanol–water partition coefficient (Wildman–Crippen LogP) is 3.12. The monoisotopic (exact) mass is 281 g/mol. The van der Waals surface area contributed by atoms with E-state index in [1.807, 2.05) is 30.3 Å². The first-order chi connectivity index (χ1) is 9.25. The number of hydrogen-bond acceptors (Lipinski definition) is 2. The Morgan fingerprint density at radius 3 is 2.74 bits per heavy atom. The van der Waals surface area contributed by atoms with Crippen molar-refractivity contribution in [3.63, 3.8) is 0 Å². The largest absolute Gasteiger partial charge is 0.493 e. The molecule has 0 saturated heterocycles. The molecule has 1 N–H and O–H groups in total. The van der Waals surface area contributed by atoms with Crippen molar-refractivity contribution in [2.75, 3.05) is 6.61 Å². The number of hydrogen-bond donors (Lipinski definition) is 1. The summed E-state index contributed by atoms with van der Waals surface area (Å²) in [6.45, 7) is 0.398. The van der Waals surface area contributed by atoms with Crippen molar-refractivity contribution < 1.29 is 9.53 Å². The van der Waals surface area contributed by atoms with Crippen LogP contribution in [0.1, 0.15) is 32.1 Å². The summed E-state index contributed by atoms with van der Waals surface area (Å²) < 4.78 is 5.50. The van der Waals surface area contributed by atoms with Gasteiger partial charge < -0.3 is 10.1 Å². The van der Waals surface area contributed by atoms with E-state index in [4.69, 9.17) is 16.3 Å². The molecular formula is C15H20ClNO2. The van der Waals surface area contributed by atoms with Crippen LogP contribution >= 0.6 is 11.6 Å². The van der Waals surface area contributed by atoms with Crippen molar-refractivity contribution in [3.8, 4) is 5.75 Å². The smallest absolute Gasteiger partial charge is 0.223 e. The maximum absolute atomic E-state index is 11.8. The Hall–Kier alpha value is -1.22. The standard InChI is InChI=1S/C15H20ClNO2/c16-13-8-4-5-9-14(13)17-15(18)10-11-19-12-6-2-1-3-7-12/h1-3,6-7,13-14H,4-5,8-11H2,(H,17,18). The minimum Gasteiger partial charge on any atom is -0.493 e. The van der Waals surface area contributed by atoms with Crippen molar-refractivity contribution >= 4 is 17.5 Å². The van der Waals surface area contributed by atoms with E-state index < -0.39 is 0 Å². The van der Waals surface area contributed by atoms with Gasteiger partial charge in [0.25, 0.3) is 0 Å². The van der Waals surface area contributed by atoms with Gasteiger partial charge in [-0.1, -0.05) is 31.0 Å². The van der Waals surface area contributed by atoms with Crippen LogP contribution in [-0.4, -0.2) is 23.9 Å². The summed E-state index contributed by atoms with van der Waals surface area (Å²) in [4.78, 5) is 11.8. The number of rotatable bonds is 5. The highest BCUT2D eigenvalue weighted by Gasteiger charge is 2.24. The molecular weight excluding hydrogens is 262 g/mol. The van der Waals surface area contributed by atoms with Crippen LogP contribution in [0.15, 0.2) is 30.3 Å². The highest BCUT2D eigenvalue weighted by Crippen LogP contribution is 2.23. The average Bonchev–Trinajstić information content (AvgIpc) is 2.43. The lowest BCUT2D eigenvalue weighted by Crippen LogP contribution is -2.43. The van der Waals surface area contributed by atoms with Gasteiger partial charge in [-0.3, -0.25) is 4.79 Å². The molecule has 1 fully saturated rings. The summed E-state index contributed by atoms with van der Waals surface area (Å²) in [5.41, 5.74) is 0. The van der Waals surface area contributed by atoms with E-state index >= 15 is 0 Å². The van der Waals surface area contributed by atoms with E-state index in [-0.39, 0.29) is 17.3 Å². The number of ether oxygens (including phenoxy) is 1. The zero-order valence-electron chi connectivity index (χ0n) is 11.0. The number of benzene rings is 1. The van der Waals surface area contributed by atoms with Gasteiger partial charge in [0.15, 0.2) is 0 Å². The molecule has 1 aliphatic carbocycles. The van der Waals surface area contributed by atoms with Crippen LogP contribution in [0.4, 0.5) is 0 Å². The maximum atomic E-state index is 11.8. The summed E-state index contributed by atoms with van der Waals surface area (Å²) >= 11 is 6.21. The lowest BCUT2D eigenvalue weighted by molar-refractivity contribution is -0.122. The van der Waals surface area contributed by atoms with Crippen molar-refractivity contribution in [2.24, 2.45) is 0 Å². The molecule has 3 nitrogen and oxygen atoms in total. The molecule has 0 radical (unpaired) electrons. The van der Waals surface area contributed by atoms with E-state index in [0.717, 1.165) is 31.4 Å². The van der Waals surface area contributed by atoms with Gasteiger partial charge in [-0.2, -0.15) is 0 Å². The summed E-state index contributed by atoms with van der Waals surface area (Å²) in [6.07, 6.45) is 4.66. The van der Waals surface area contributed by atoms with E-state index in [1.54, 1.807) is 0 Å². The molecule has 0 aliphatic heterocycles. The van der Waals surface area contributed by atoms with Crippen LogP contribution in [0.2, 0.25) is 0 Å². The Morgan fingerprint density at radius 1 is 1.26 bits per heavy atom. The zero-order chi connectivity index (χ0) is 13.5. The van der Waals surface area contributed by atoms with Gasteiger partial charge in [-0.15, -0.1) is 11.6 Å². The SMILES string of the molecule is O=C(CCOc1ccccc1)NC1CCCCC1Cl. The second kappa shape index (κ2) is 7.39. The Balaban J connectivity index is 1.67. The lowest BCUT2D eigenvalue weighted by atomic mass is 9.95. The topological polar surface area (TPSA) is 38.3 Å². The average molecular weight is 282 g/mol. The number of alkyl halides is 1. The van der Waals surface area contributed by atoms with Gasteiger partial charge in [-0.25, -0.2) is 0 Å².